The number of benzene rings is 1. The Morgan fingerprint density at radius 1 is 1.25 bits per heavy atom. The summed E-state index contributed by atoms with van der Waals surface area (Å²) in [5.41, 5.74) is 1.11. The second-order valence-electron chi connectivity index (χ2n) is 5.23. The molecule has 1 fully saturated rings. The minimum atomic E-state index is -0.105. The quantitative estimate of drug-likeness (QED) is 0.629. The lowest BCUT2D eigenvalue weighted by Gasteiger charge is -2.41. The van der Waals surface area contributed by atoms with Crippen LogP contribution in [0.5, 0.6) is 0 Å². The lowest BCUT2D eigenvalue weighted by Crippen LogP contribution is -2.50. The van der Waals surface area contributed by atoms with Crippen LogP contribution in [0.2, 0.25) is 0 Å². The van der Waals surface area contributed by atoms with Crippen molar-refractivity contribution in [3.8, 4) is 0 Å². The van der Waals surface area contributed by atoms with E-state index >= 15 is 0 Å². The third-order valence-corrected chi connectivity index (χ3v) is 3.75. The van der Waals surface area contributed by atoms with Crippen molar-refractivity contribution in [2.24, 2.45) is 4.99 Å². The molecule has 110 valence electrons. The molecule has 0 aliphatic carbocycles. The Morgan fingerprint density at radius 3 is 2.50 bits per heavy atom. The molecule has 0 spiro atoms. The summed E-state index contributed by atoms with van der Waals surface area (Å²) in [4.78, 5) is 8.46. The summed E-state index contributed by atoms with van der Waals surface area (Å²) in [6.45, 7) is 8.47. The predicted octanol–water partition coefficient (Wildman–Crippen LogP) is 1.32. The van der Waals surface area contributed by atoms with Crippen LogP contribution in [0.3, 0.4) is 0 Å². The first-order chi connectivity index (χ1) is 9.72. The normalized spacial score (nSPS) is 19.1. The molecule has 1 unspecified atom stereocenters. The fraction of sp³-hybridized carbons (Fsp3) is 0.533. The average Bonchev–Trinajstić information content (AvgIpc) is 2.48. The van der Waals surface area contributed by atoms with Gasteiger partial charge in [-0.25, -0.2) is 0 Å². The molecule has 20 heavy (non-hydrogen) atoms. The third-order valence-electron chi connectivity index (χ3n) is 3.75. The topological polar surface area (TPSA) is 42.3 Å². The van der Waals surface area contributed by atoms with Gasteiger partial charge >= 0.3 is 0 Å². The first-order valence-corrected chi connectivity index (χ1v) is 7.08. The van der Waals surface area contributed by atoms with E-state index in [1.165, 1.54) is 5.06 Å². The Labute approximate surface area is 121 Å². The van der Waals surface area contributed by atoms with Crippen LogP contribution in [0.4, 0.5) is 0 Å². The summed E-state index contributed by atoms with van der Waals surface area (Å²) < 4.78 is 0. The van der Waals surface area contributed by atoms with Crippen molar-refractivity contribution >= 4 is 6.72 Å². The van der Waals surface area contributed by atoms with Gasteiger partial charge in [-0.15, -0.1) is 0 Å². The van der Waals surface area contributed by atoms with Crippen molar-refractivity contribution in [2.45, 2.75) is 6.17 Å². The van der Waals surface area contributed by atoms with E-state index in [1.807, 2.05) is 18.2 Å². The molecule has 1 aromatic rings. The van der Waals surface area contributed by atoms with Crippen LogP contribution in [-0.2, 0) is 0 Å². The van der Waals surface area contributed by atoms with Gasteiger partial charge in [0.15, 0.2) is 0 Å². The third kappa shape index (κ3) is 3.86. The highest BCUT2D eigenvalue weighted by Crippen LogP contribution is 2.24. The van der Waals surface area contributed by atoms with Crippen LogP contribution in [0.25, 0.3) is 0 Å². The zero-order valence-electron chi connectivity index (χ0n) is 12.1. The van der Waals surface area contributed by atoms with Crippen molar-refractivity contribution in [2.75, 3.05) is 46.3 Å². The summed E-state index contributed by atoms with van der Waals surface area (Å²) in [5.74, 6) is 0. The molecule has 1 aromatic carbocycles. The average molecular weight is 276 g/mol. The van der Waals surface area contributed by atoms with Gasteiger partial charge in [-0.05, 0) is 19.3 Å². The van der Waals surface area contributed by atoms with Crippen molar-refractivity contribution < 1.29 is 5.21 Å². The van der Waals surface area contributed by atoms with E-state index in [-0.39, 0.29) is 6.17 Å². The minimum Gasteiger partial charge on any atom is -0.312 e. The number of hydroxylamine groups is 2. The number of aliphatic imine (C=N–C) groups is 1. The van der Waals surface area contributed by atoms with E-state index in [2.05, 4.69) is 40.7 Å². The van der Waals surface area contributed by atoms with Crippen molar-refractivity contribution in [3.63, 3.8) is 0 Å². The van der Waals surface area contributed by atoms with Gasteiger partial charge in [0, 0.05) is 32.7 Å². The van der Waals surface area contributed by atoms with Crippen LogP contribution in [0.1, 0.15) is 11.7 Å². The molecule has 1 heterocycles. The summed E-state index contributed by atoms with van der Waals surface area (Å²) in [6.07, 6.45) is -0.105. The van der Waals surface area contributed by atoms with Gasteiger partial charge < -0.3 is 10.1 Å². The van der Waals surface area contributed by atoms with E-state index in [9.17, 15) is 5.21 Å². The van der Waals surface area contributed by atoms with Gasteiger partial charge in [0.05, 0.1) is 6.54 Å². The zero-order chi connectivity index (χ0) is 14.4. The first-order valence-electron chi connectivity index (χ1n) is 7.08. The summed E-state index contributed by atoms with van der Waals surface area (Å²) in [5, 5.41) is 11.8. The maximum absolute atomic E-state index is 10.4. The Kier molecular flexibility index (Phi) is 5.67. The van der Waals surface area contributed by atoms with Crippen molar-refractivity contribution in [1.29, 1.82) is 0 Å². The molecule has 2 rings (SSSR count). The molecule has 0 radical (unpaired) electrons. The van der Waals surface area contributed by atoms with Gasteiger partial charge in [-0.1, -0.05) is 30.3 Å². The van der Waals surface area contributed by atoms with E-state index in [0.717, 1.165) is 31.7 Å². The Hall–Kier alpha value is -1.27. The number of nitrogens with zero attached hydrogens (tertiary/aromatic N) is 4. The maximum Gasteiger partial charge on any atom is 0.112 e. The Morgan fingerprint density at radius 2 is 1.90 bits per heavy atom. The van der Waals surface area contributed by atoms with Crippen LogP contribution >= 0.6 is 0 Å². The molecule has 0 bridgehead atoms. The fourth-order valence-electron chi connectivity index (χ4n) is 2.56. The Balaban J connectivity index is 2.13. The molecule has 1 aliphatic rings. The highest BCUT2D eigenvalue weighted by atomic mass is 16.5. The molecular weight excluding hydrogens is 252 g/mol. The Bertz CT molecular complexity index is 404. The van der Waals surface area contributed by atoms with Gasteiger partial charge in [0.2, 0.25) is 0 Å². The highest BCUT2D eigenvalue weighted by Gasteiger charge is 2.28. The molecule has 1 saturated heterocycles. The molecule has 0 aromatic heterocycles. The number of likely N-dealkylation sites (N-methyl/N-ethyl adjacent to an activating group) is 1. The van der Waals surface area contributed by atoms with Crippen LogP contribution in [0, 0.1) is 0 Å². The van der Waals surface area contributed by atoms with Gasteiger partial charge in [0.25, 0.3) is 0 Å². The van der Waals surface area contributed by atoms with Crippen molar-refractivity contribution in [3.05, 3.63) is 35.9 Å². The number of rotatable bonds is 6. The fourth-order valence-corrected chi connectivity index (χ4v) is 2.56. The SMILES string of the molecule is C=NCCN(O)C(c1ccccc1)N1CCN(C)CC1. The summed E-state index contributed by atoms with van der Waals surface area (Å²) in [7, 11) is 2.13. The first kappa shape index (κ1) is 15.1. The van der Waals surface area contributed by atoms with Gasteiger partial charge in [-0.3, -0.25) is 9.89 Å². The van der Waals surface area contributed by atoms with Crippen LogP contribution in [0.15, 0.2) is 35.3 Å². The van der Waals surface area contributed by atoms with E-state index in [4.69, 9.17) is 0 Å². The second kappa shape index (κ2) is 7.50. The molecule has 1 aliphatic heterocycles. The number of piperazine rings is 1. The molecule has 1 atom stereocenters. The van der Waals surface area contributed by atoms with E-state index in [1.54, 1.807) is 0 Å². The van der Waals surface area contributed by atoms with Gasteiger partial charge in [-0.2, -0.15) is 5.06 Å². The molecular formula is C15H24N4O. The second-order valence-corrected chi connectivity index (χ2v) is 5.23. The standard InChI is InChI=1S/C15H24N4O/c1-16-8-9-19(20)15(14-6-4-3-5-7-14)18-12-10-17(2)11-13-18/h3-7,15,20H,1,8-13H2,2H3. The maximum atomic E-state index is 10.4. The predicted molar refractivity (Wildman–Crippen MR) is 81.2 cm³/mol. The summed E-state index contributed by atoms with van der Waals surface area (Å²) in [6, 6.07) is 10.1. The van der Waals surface area contributed by atoms with Crippen LogP contribution < -0.4 is 0 Å². The van der Waals surface area contributed by atoms with Crippen molar-refractivity contribution in [1.82, 2.24) is 14.9 Å². The molecule has 5 nitrogen and oxygen atoms in total. The van der Waals surface area contributed by atoms with E-state index < -0.39 is 0 Å². The van der Waals surface area contributed by atoms with Gasteiger partial charge in [0.1, 0.15) is 6.17 Å². The number of hydrogen-bond acceptors (Lipinski definition) is 5. The van der Waals surface area contributed by atoms with Crippen LogP contribution in [-0.4, -0.2) is 73.1 Å². The summed E-state index contributed by atoms with van der Waals surface area (Å²) >= 11 is 0. The van der Waals surface area contributed by atoms with E-state index in [0.29, 0.717) is 13.1 Å². The lowest BCUT2D eigenvalue weighted by molar-refractivity contribution is -0.177. The lowest BCUT2D eigenvalue weighted by atomic mass is 10.1. The minimum absolute atomic E-state index is 0.105. The molecule has 1 N–H and O–H groups in total. The number of hydrogen-bond donors (Lipinski definition) is 1. The largest absolute Gasteiger partial charge is 0.312 e. The molecule has 5 heteroatoms. The smallest absolute Gasteiger partial charge is 0.112 e. The zero-order valence-corrected chi connectivity index (χ0v) is 12.1. The monoisotopic (exact) mass is 276 g/mol. The molecule has 0 saturated carbocycles. The highest BCUT2D eigenvalue weighted by molar-refractivity contribution is 5.23. The molecule has 0 amide bonds.